The van der Waals surface area contributed by atoms with Gasteiger partial charge in [0.1, 0.15) is 6.54 Å². The second kappa shape index (κ2) is 8.64. The highest BCUT2D eigenvalue weighted by Crippen LogP contribution is 2.18. The van der Waals surface area contributed by atoms with E-state index < -0.39 is 0 Å². The van der Waals surface area contributed by atoms with Crippen LogP contribution in [0.15, 0.2) is 30.3 Å². The molecule has 0 aromatic heterocycles. The number of piperazine rings is 2. The molecule has 26 heavy (non-hydrogen) atoms. The van der Waals surface area contributed by atoms with Gasteiger partial charge in [-0.2, -0.15) is 0 Å². The number of carbonyl (C=O) groups excluding carboxylic acids is 2. The highest BCUT2D eigenvalue weighted by atomic mass is 16.2. The lowest BCUT2D eigenvalue weighted by Gasteiger charge is -2.37. The maximum atomic E-state index is 12.6. The average molecular weight is 358 g/mol. The number of hydrogen-bond donors (Lipinski definition) is 0. The Morgan fingerprint density at radius 2 is 1.73 bits per heavy atom. The first-order valence-corrected chi connectivity index (χ1v) is 9.60. The molecule has 2 heterocycles. The van der Waals surface area contributed by atoms with E-state index in [1.54, 1.807) is 9.80 Å². The van der Waals surface area contributed by atoms with Gasteiger partial charge in [0.15, 0.2) is 0 Å². The lowest BCUT2D eigenvalue weighted by Crippen LogP contribution is -2.52. The number of nitrogens with zero attached hydrogens (tertiary/aromatic N) is 4. The van der Waals surface area contributed by atoms with Crippen LogP contribution < -0.4 is 4.90 Å². The highest BCUT2D eigenvalue weighted by Gasteiger charge is 2.28. The van der Waals surface area contributed by atoms with Gasteiger partial charge in [0.05, 0.1) is 0 Å². The maximum Gasteiger partial charge on any atom is 0.246 e. The molecule has 142 valence electrons. The second-order valence-electron chi connectivity index (χ2n) is 7.42. The Morgan fingerprint density at radius 3 is 2.38 bits per heavy atom. The first-order valence-electron chi connectivity index (χ1n) is 9.60. The smallest absolute Gasteiger partial charge is 0.246 e. The summed E-state index contributed by atoms with van der Waals surface area (Å²) < 4.78 is 0. The largest absolute Gasteiger partial charge is 0.332 e. The van der Waals surface area contributed by atoms with E-state index in [9.17, 15) is 9.59 Å². The minimum Gasteiger partial charge on any atom is -0.332 e. The van der Waals surface area contributed by atoms with Crippen molar-refractivity contribution in [1.29, 1.82) is 0 Å². The van der Waals surface area contributed by atoms with Gasteiger partial charge in [0.25, 0.3) is 0 Å². The molecule has 6 heteroatoms. The van der Waals surface area contributed by atoms with E-state index in [0.29, 0.717) is 25.6 Å². The summed E-state index contributed by atoms with van der Waals surface area (Å²) in [6.45, 7) is 7.90. The van der Waals surface area contributed by atoms with E-state index in [2.05, 4.69) is 23.8 Å². The van der Waals surface area contributed by atoms with Crippen LogP contribution in [0.5, 0.6) is 0 Å². The molecule has 0 bridgehead atoms. The van der Waals surface area contributed by atoms with Crippen LogP contribution in [0.3, 0.4) is 0 Å². The van der Waals surface area contributed by atoms with Gasteiger partial charge < -0.3 is 14.7 Å². The number of hydrogen-bond acceptors (Lipinski definition) is 4. The summed E-state index contributed by atoms with van der Waals surface area (Å²) in [7, 11) is 2.15. The fraction of sp³-hybridized carbons (Fsp3) is 0.600. The highest BCUT2D eigenvalue weighted by molar-refractivity contribution is 5.97. The zero-order valence-corrected chi connectivity index (χ0v) is 15.9. The van der Waals surface area contributed by atoms with Crippen molar-refractivity contribution in [3.05, 3.63) is 30.3 Å². The van der Waals surface area contributed by atoms with E-state index >= 15 is 0 Å². The number of rotatable bonds is 5. The van der Waals surface area contributed by atoms with Crippen molar-refractivity contribution in [1.82, 2.24) is 14.7 Å². The maximum absolute atomic E-state index is 12.6. The lowest BCUT2D eigenvalue weighted by molar-refractivity contribution is -0.137. The van der Waals surface area contributed by atoms with Crippen LogP contribution in [-0.4, -0.2) is 85.4 Å². The molecule has 0 saturated carbocycles. The van der Waals surface area contributed by atoms with Gasteiger partial charge in [0.2, 0.25) is 11.8 Å². The molecule has 2 aliphatic heterocycles. The summed E-state index contributed by atoms with van der Waals surface area (Å²) >= 11 is 0. The summed E-state index contributed by atoms with van der Waals surface area (Å²) in [5.74, 6) is 0.106. The number of likely N-dealkylation sites (N-methyl/N-ethyl adjacent to an activating group) is 1. The second-order valence-corrected chi connectivity index (χ2v) is 7.42. The Hall–Kier alpha value is -1.92. The third kappa shape index (κ3) is 4.62. The molecule has 1 aromatic carbocycles. The number of amides is 2. The zero-order chi connectivity index (χ0) is 18.5. The first kappa shape index (κ1) is 18.9. The summed E-state index contributed by atoms with van der Waals surface area (Å²) in [5.41, 5.74) is 0.910. The fourth-order valence-corrected chi connectivity index (χ4v) is 3.70. The van der Waals surface area contributed by atoms with Gasteiger partial charge in [-0.15, -0.1) is 0 Å². The summed E-state index contributed by atoms with van der Waals surface area (Å²) in [6.07, 6.45) is 1.38. The molecule has 1 unspecified atom stereocenters. The van der Waals surface area contributed by atoms with Gasteiger partial charge in [-0.1, -0.05) is 18.2 Å². The molecular formula is C20H30N4O2. The molecule has 0 N–H and O–H groups in total. The Balaban J connectivity index is 1.45. The van der Waals surface area contributed by atoms with Gasteiger partial charge >= 0.3 is 0 Å². The third-order valence-corrected chi connectivity index (χ3v) is 5.58. The van der Waals surface area contributed by atoms with Crippen LogP contribution in [0.4, 0.5) is 5.69 Å². The minimum absolute atomic E-state index is 0.00270. The van der Waals surface area contributed by atoms with Gasteiger partial charge in [-0.25, -0.2) is 0 Å². The van der Waals surface area contributed by atoms with Crippen LogP contribution in [0.2, 0.25) is 0 Å². The standard InChI is InChI=1S/C20H30N4O2/c1-17(22-12-10-21(2)11-13-22)8-9-19(25)23-14-15-24(20(26)16-23)18-6-4-3-5-7-18/h3-7,17H,8-16H2,1-2H3. The molecule has 2 fully saturated rings. The predicted octanol–water partition coefficient (Wildman–Crippen LogP) is 1.28. The van der Waals surface area contributed by atoms with E-state index in [-0.39, 0.29) is 18.4 Å². The quantitative estimate of drug-likeness (QED) is 0.796. The van der Waals surface area contributed by atoms with Crippen LogP contribution in [-0.2, 0) is 9.59 Å². The zero-order valence-electron chi connectivity index (χ0n) is 15.9. The van der Waals surface area contributed by atoms with Crippen molar-refractivity contribution in [2.75, 3.05) is 57.8 Å². The van der Waals surface area contributed by atoms with Crippen LogP contribution in [0, 0.1) is 0 Å². The normalized spacial score (nSPS) is 21.1. The first-order chi connectivity index (χ1) is 12.5. The Labute approximate surface area is 156 Å². The van der Waals surface area contributed by atoms with Gasteiger partial charge in [0, 0.05) is 57.4 Å². The van der Waals surface area contributed by atoms with Crippen molar-refractivity contribution in [3.8, 4) is 0 Å². The molecule has 2 aliphatic rings. The average Bonchev–Trinajstić information content (AvgIpc) is 2.67. The summed E-state index contributed by atoms with van der Waals surface area (Å²) in [5, 5.41) is 0. The predicted molar refractivity (Wildman–Crippen MR) is 103 cm³/mol. The van der Waals surface area contributed by atoms with Crippen molar-refractivity contribution in [2.45, 2.75) is 25.8 Å². The van der Waals surface area contributed by atoms with Crippen LogP contribution in [0.1, 0.15) is 19.8 Å². The molecule has 1 aromatic rings. The van der Waals surface area contributed by atoms with Crippen LogP contribution in [0.25, 0.3) is 0 Å². The molecule has 0 aliphatic carbocycles. The van der Waals surface area contributed by atoms with E-state index in [4.69, 9.17) is 0 Å². The fourth-order valence-electron chi connectivity index (χ4n) is 3.70. The van der Waals surface area contributed by atoms with Crippen molar-refractivity contribution in [3.63, 3.8) is 0 Å². The monoisotopic (exact) mass is 358 g/mol. The van der Waals surface area contributed by atoms with Gasteiger partial charge in [-0.05, 0) is 32.5 Å². The van der Waals surface area contributed by atoms with Crippen molar-refractivity contribution >= 4 is 17.5 Å². The Bertz CT molecular complexity index is 613. The Kier molecular flexibility index (Phi) is 6.27. The van der Waals surface area contributed by atoms with E-state index in [0.717, 1.165) is 38.3 Å². The number of anilines is 1. The minimum atomic E-state index is 0.00270. The number of carbonyl (C=O) groups is 2. The molecule has 2 saturated heterocycles. The molecule has 3 rings (SSSR count). The van der Waals surface area contributed by atoms with Crippen molar-refractivity contribution < 1.29 is 9.59 Å². The van der Waals surface area contributed by atoms with Gasteiger partial charge in [-0.3, -0.25) is 14.5 Å². The number of para-hydroxylation sites is 1. The third-order valence-electron chi connectivity index (χ3n) is 5.58. The Morgan fingerprint density at radius 1 is 1.04 bits per heavy atom. The lowest BCUT2D eigenvalue weighted by atomic mass is 10.1. The molecule has 1 atom stereocenters. The SMILES string of the molecule is CC(CCC(=O)N1CCN(c2ccccc2)C(=O)C1)N1CCN(C)CC1. The van der Waals surface area contributed by atoms with Crippen molar-refractivity contribution in [2.24, 2.45) is 0 Å². The summed E-state index contributed by atoms with van der Waals surface area (Å²) in [6, 6.07) is 10.1. The molecular weight excluding hydrogens is 328 g/mol. The molecule has 0 radical (unpaired) electrons. The van der Waals surface area contributed by atoms with E-state index in [1.807, 2.05) is 30.3 Å². The topological polar surface area (TPSA) is 47.1 Å². The van der Waals surface area contributed by atoms with Crippen LogP contribution >= 0.6 is 0 Å². The number of benzene rings is 1. The molecule has 6 nitrogen and oxygen atoms in total. The van der Waals surface area contributed by atoms with E-state index in [1.165, 1.54) is 0 Å². The molecule has 0 spiro atoms. The molecule has 2 amide bonds. The summed E-state index contributed by atoms with van der Waals surface area (Å²) in [4.78, 5) is 33.3.